The number of aromatic nitrogens is 1. The molecule has 1 saturated heterocycles. The minimum Gasteiger partial charge on any atom is -0.383 e. The second-order valence-corrected chi connectivity index (χ2v) is 6.90. The number of hydrogen-bond acceptors (Lipinski definition) is 6. The fraction of sp³-hybridized carbons (Fsp3) is 0.733. The summed E-state index contributed by atoms with van der Waals surface area (Å²) in [4.78, 5) is 22.5. The van der Waals surface area contributed by atoms with Gasteiger partial charge in [0, 0.05) is 44.7 Å². The number of aryl methyl sites for hydroxylation is 2. The van der Waals surface area contributed by atoms with Gasteiger partial charge < -0.3 is 10.1 Å². The average Bonchev–Trinajstić information content (AvgIpc) is 2.83. The van der Waals surface area contributed by atoms with Crippen molar-refractivity contribution >= 4 is 22.4 Å². The largest absolute Gasteiger partial charge is 0.383 e. The first-order valence-corrected chi connectivity index (χ1v) is 8.53. The van der Waals surface area contributed by atoms with Crippen molar-refractivity contribution in [2.75, 3.05) is 51.8 Å². The Morgan fingerprint density at radius 2 is 2.05 bits per heavy atom. The molecule has 0 spiro atoms. The van der Waals surface area contributed by atoms with E-state index >= 15 is 0 Å². The maximum absolute atomic E-state index is 12.4. The van der Waals surface area contributed by atoms with Gasteiger partial charge in [0.25, 0.3) is 0 Å². The number of thiazole rings is 1. The third kappa shape index (κ3) is 4.49. The van der Waals surface area contributed by atoms with Crippen LogP contribution in [0.2, 0.25) is 0 Å². The van der Waals surface area contributed by atoms with Crippen LogP contribution in [-0.4, -0.2) is 73.2 Å². The van der Waals surface area contributed by atoms with Crippen molar-refractivity contribution in [2.24, 2.45) is 0 Å². The van der Waals surface area contributed by atoms with Crippen molar-refractivity contribution in [3.63, 3.8) is 0 Å². The van der Waals surface area contributed by atoms with Crippen LogP contribution in [0.3, 0.4) is 0 Å². The zero-order chi connectivity index (χ0) is 16.1. The number of rotatable bonds is 6. The quantitative estimate of drug-likeness (QED) is 0.855. The summed E-state index contributed by atoms with van der Waals surface area (Å²) in [6.45, 7) is 11.5. The first-order chi connectivity index (χ1) is 10.5. The van der Waals surface area contributed by atoms with Crippen molar-refractivity contribution in [3.05, 3.63) is 10.6 Å². The first-order valence-electron chi connectivity index (χ1n) is 7.71. The number of nitrogens with zero attached hydrogens (tertiary/aromatic N) is 3. The molecule has 0 saturated carbocycles. The molecule has 1 aromatic heterocycles. The van der Waals surface area contributed by atoms with Gasteiger partial charge in [0.2, 0.25) is 5.91 Å². The van der Waals surface area contributed by atoms with Crippen molar-refractivity contribution in [1.29, 1.82) is 0 Å². The standard InChI is InChI=1S/C15H26N4O2S/c1-11-13(3)22-15(16-11)17-14(20)12(2)19-7-5-18(6-8-19)9-10-21-4/h12H,5-10H2,1-4H3,(H,16,17,20)/t12-/m1/s1. The number of anilines is 1. The fourth-order valence-electron chi connectivity index (χ4n) is 2.50. The predicted octanol–water partition coefficient (Wildman–Crippen LogP) is 1.35. The third-order valence-corrected chi connectivity index (χ3v) is 5.19. The van der Waals surface area contributed by atoms with Gasteiger partial charge in [0.15, 0.2) is 5.13 Å². The fourth-order valence-corrected chi connectivity index (χ4v) is 3.31. The Labute approximate surface area is 136 Å². The van der Waals surface area contributed by atoms with Crippen LogP contribution in [0.15, 0.2) is 0 Å². The van der Waals surface area contributed by atoms with Gasteiger partial charge in [0.05, 0.1) is 18.3 Å². The number of methoxy groups -OCH3 is 1. The Kier molecular flexibility index (Phi) is 6.31. The molecule has 6 nitrogen and oxygen atoms in total. The number of carbonyl (C=O) groups is 1. The van der Waals surface area contributed by atoms with Gasteiger partial charge in [-0.2, -0.15) is 0 Å². The van der Waals surface area contributed by atoms with E-state index in [9.17, 15) is 4.79 Å². The maximum Gasteiger partial charge on any atom is 0.243 e. The molecule has 1 aliphatic rings. The molecule has 2 heterocycles. The number of nitrogens with one attached hydrogen (secondary N) is 1. The molecule has 7 heteroatoms. The Bertz CT molecular complexity index is 478. The topological polar surface area (TPSA) is 57.7 Å². The molecule has 1 fully saturated rings. The van der Waals surface area contributed by atoms with E-state index in [1.54, 1.807) is 7.11 Å². The molecular formula is C15H26N4O2S. The summed E-state index contributed by atoms with van der Waals surface area (Å²) in [7, 11) is 1.73. The molecular weight excluding hydrogens is 300 g/mol. The van der Waals surface area contributed by atoms with Gasteiger partial charge in [-0.05, 0) is 20.8 Å². The summed E-state index contributed by atoms with van der Waals surface area (Å²) in [5, 5.41) is 3.64. The van der Waals surface area contributed by atoms with Crippen LogP contribution in [0.5, 0.6) is 0 Å². The van der Waals surface area contributed by atoms with Gasteiger partial charge in [-0.1, -0.05) is 0 Å². The summed E-state index contributed by atoms with van der Waals surface area (Å²) in [5.74, 6) is 0.0269. The molecule has 1 amide bonds. The number of hydrogen-bond donors (Lipinski definition) is 1. The van der Waals surface area contributed by atoms with Crippen LogP contribution >= 0.6 is 11.3 Å². The number of piperazine rings is 1. The predicted molar refractivity (Wildman–Crippen MR) is 89.6 cm³/mol. The van der Waals surface area contributed by atoms with Gasteiger partial charge in [-0.15, -0.1) is 11.3 Å². The SMILES string of the molecule is COCCN1CCN([C@H](C)C(=O)Nc2nc(C)c(C)s2)CC1. The van der Waals surface area contributed by atoms with Gasteiger partial charge in [-0.25, -0.2) is 4.98 Å². The van der Waals surface area contributed by atoms with E-state index in [4.69, 9.17) is 4.74 Å². The van der Waals surface area contributed by atoms with E-state index in [0.29, 0.717) is 5.13 Å². The van der Waals surface area contributed by atoms with Crippen LogP contribution in [0.25, 0.3) is 0 Å². The Balaban J connectivity index is 1.81. The average molecular weight is 326 g/mol. The molecule has 124 valence electrons. The van der Waals surface area contributed by atoms with E-state index in [0.717, 1.165) is 49.9 Å². The van der Waals surface area contributed by atoms with E-state index in [-0.39, 0.29) is 11.9 Å². The van der Waals surface area contributed by atoms with E-state index in [1.807, 2.05) is 20.8 Å². The molecule has 0 radical (unpaired) electrons. The summed E-state index contributed by atoms with van der Waals surface area (Å²) < 4.78 is 5.11. The highest BCUT2D eigenvalue weighted by atomic mass is 32.1. The van der Waals surface area contributed by atoms with Crippen molar-refractivity contribution < 1.29 is 9.53 Å². The Morgan fingerprint density at radius 1 is 1.36 bits per heavy atom. The minimum atomic E-state index is -0.130. The first kappa shape index (κ1) is 17.3. The molecule has 22 heavy (non-hydrogen) atoms. The van der Waals surface area contributed by atoms with Gasteiger partial charge in [0.1, 0.15) is 0 Å². The molecule has 0 aromatic carbocycles. The van der Waals surface area contributed by atoms with Gasteiger partial charge >= 0.3 is 0 Å². The molecule has 0 bridgehead atoms. The highest BCUT2D eigenvalue weighted by Crippen LogP contribution is 2.21. The Morgan fingerprint density at radius 3 is 2.59 bits per heavy atom. The molecule has 1 N–H and O–H groups in total. The van der Waals surface area contributed by atoms with E-state index in [2.05, 4.69) is 20.1 Å². The van der Waals surface area contributed by atoms with Crippen molar-refractivity contribution in [2.45, 2.75) is 26.8 Å². The molecule has 0 aliphatic carbocycles. The molecule has 1 atom stereocenters. The second-order valence-electron chi connectivity index (χ2n) is 5.70. The zero-order valence-corrected chi connectivity index (χ0v) is 14.7. The molecule has 0 unspecified atom stereocenters. The lowest BCUT2D eigenvalue weighted by Gasteiger charge is -2.37. The summed E-state index contributed by atoms with van der Waals surface area (Å²) in [6.07, 6.45) is 0. The summed E-state index contributed by atoms with van der Waals surface area (Å²) in [5.41, 5.74) is 0.986. The maximum atomic E-state index is 12.4. The lowest BCUT2D eigenvalue weighted by Crippen LogP contribution is -2.53. The van der Waals surface area contributed by atoms with E-state index in [1.165, 1.54) is 11.3 Å². The molecule has 1 aromatic rings. The molecule has 2 rings (SSSR count). The highest BCUT2D eigenvalue weighted by Gasteiger charge is 2.26. The minimum absolute atomic E-state index is 0.0269. The third-order valence-electron chi connectivity index (χ3n) is 4.20. The highest BCUT2D eigenvalue weighted by molar-refractivity contribution is 7.15. The van der Waals surface area contributed by atoms with Crippen molar-refractivity contribution in [3.8, 4) is 0 Å². The lowest BCUT2D eigenvalue weighted by atomic mass is 10.2. The molecule has 1 aliphatic heterocycles. The Hall–Kier alpha value is -1.02. The van der Waals surface area contributed by atoms with Gasteiger partial charge in [-0.3, -0.25) is 14.6 Å². The smallest absolute Gasteiger partial charge is 0.243 e. The van der Waals surface area contributed by atoms with Crippen LogP contribution in [0.4, 0.5) is 5.13 Å². The van der Waals surface area contributed by atoms with Crippen LogP contribution in [0, 0.1) is 13.8 Å². The summed E-state index contributed by atoms with van der Waals surface area (Å²) >= 11 is 1.53. The monoisotopic (exact) mass is 326 g/mol. The number of amides is 1. The number of carbonyl (C=O) groups excluding carboxylic acids is 1. The van der Waals surface area contributed by atoms with E-state index < -0.39 is 0 Å². The van der Waals surface area contributed by atoms with Crippen molar-refractivity contribution in [1.82, 2.24) is 14.8 Å². The lowest BCUT2D eigenvalue weighted by molar-refractivity contribution is -0.121. The zero-order valence-electron chi connectivity index (χ0n) is 13.9. The van der Waals surface area contributed by atoms with Crippen LogP contribution in [-0.2, 0) is 9.53 Å². The second kappa shape index (κ2) is 8.01. The summed E-state index contributed by atoms with van der Waals surface area (Å²) in [6, 6.07) is -0.130. The van der Waals surface area contributed by atoms with Crippen LogP contribution in [0.1, 0.15) is 17.5 Å². The van der Waals surface area contributed by atoms with Crippen LogP contribution < -0.4 is 5.32 Å². The number of ether oxygens (including phenoxy) is 1. The normalized spacial score (nSPS) is 18.4.